The van der Waals surface area contributed by atoms with Crippen molar-refractivity contribution in [3.8, 4) is 0 Å². The Morgan fingerprint density at radius 3 is 2.53 bits per heavy atom. The van der Waals surface area contributed by atoms with Gasteiger partial charge in [0.2, 0.25) is 5.91 Å². The fourth-order valence-corrected chi connectivity index (χ4v) is 2.24. The van der Waals surface area contributed by atoms with Gasteiger partial charge >= 0.3 is 5.97 Å². The van der Waals surface area contributed by atoms with Gasteiger partial charge in [-0.25, -0.2) is 9.18 Å². The zero-order valence-electron chi connectivity index (χ0n) is 10.6. The molecule has 1 rings (SSSR count). The molecule has 1 heterocycles. The number of carboxylic acids is 1. The normalized spacial score (nSPS) is 24.4. The van der Waals surface area contributed by atoms with Gasteiger partial charge in [-0.1, -0.05) is 20.8 Å². The van der Waals surface area contributed by atoms with Crippen LogP contribution in [0.25, 0.3) is 0 Å². The maximum absolute atomic E-state index is 13.4. The number of alkyl halides is 1. The Morgan fingerprint density at radius 2 is 2.06 bits per heavy atom. The molecule has 1 amide bonds. The molecule has 1 aliphatic heterocycles. The molecular formula is C12H20FNO3. The molecule has 1 saturated heterocycles. The molecule has 0 aromatic rings. The van der Waals surface area contributed by atoms with Gasteiger partial charge in [0.1, 0.15) is 0 Å². The third-order valence-electron chi connectivity index (χ3n) is 3.45. The highest BCUT2D eigenvalue weighted by Gasteiger charge is 2.35. The maximum Gasteiger partial charge on any atom is 0.359 e. The number of rotatable bonds is 2. The number of aliphatic carboxylic acids is 1. The minimum atomic E-state index is -2.21. The Bertz CT molecular complexity index is 311. The summed E-state index contributed by atoms with van der Waals surface area (Å²) in [6.45, 7) is 6.44. The average molecular weight is 245 g/mol. The van der Waals surface area contributed by atoms with Crippen molar-refractivity contribution in [2.75, 3.05) is 6.54 Å². The van der Waals surface area contributed by atoms with E-state index in [0.717, 1.165) is 4.90 Å². The number of carbonyl (C=O) groups excluding carboxylic acids is 1. The predicted octanol–water partition coefficient (Wildman–Crippen LogP) is 2.04. The molecule has 0 saturated carbocycles. The first-order chi connectivity index (χ1) is 7.73. The van der Waals surface area contributed by atoms with Crippen LogP contribution in [0, 0.1) is 11.3 Å². The topological polar surface area (TPSA) is 57.6 Å². The number of halogens is 1. The lowest BCUT2D eigenvalue weighted by Crippen LogP contribution is -2.42. The molecule has 0 aromatic carbocycles. The first-order valence-corrected chi connectivity index (χ1v) is 5.90. The summed E-state index contributed by atoms with van der Waals surface area (Å²) in [5.74, 6) is -1.67. The molecule has 0 spiro atoms. The molecule has 1 N–H and O–H groups in total. The van der Waals surface area contributed by atoms with Gasteiger partial charge in [-0.15, -0.1) is 0 Å². The van der Waals surface area contributed by atoms with Crippen LogP contribution in [0.2, 0.25) is 0 Å². The lowest BCUT2D eigenvalue weighted by molar-refractivity contribution is -0.157. The second-order valence-electron chi connectivity index (χ2n) is 5.65. The van der Waals surface area contributed by atoms with Crippen LogP contribution in [0.5, 0.6) is 0 Å². The SMILES string of the molecule is CC(C)(C)C1CCC(=O)N(C(F)C(=O)O)CC1. The quantitative estimate of drug-likeness (QED) is 0.757. The summed E-state index contributed by atoms with van der Waals surface area (Å²) in [7, 11) is 0. The average Bonchev–Trinajstić information content (AvgIpc) is 2.38. The Hall–Kier alpha value is -1.13. The van der Waals surface area contributed by atoms with Crippen LogP contribution in [0.15, 0.2) is 0 Å². The summed E-state index contributed by atoms with van der Waals surface area (Å²) in [6, 6.07) is 0. The molecule has 2 unspecified atom stereocenters. The highest BCUT2D eigenvalue weighted by molar-refractivity contribution is 5.82. The first kappa shape index (κ1) is 13.9. The summed E-state index contributed by atoms with van der Waals surface area (Å²) in [5, 5.41) is 8.60. The van der Waals surface area contributed by atoms with Gasteiger partial charge in [0.15, 0.2) is 0 Å². The van der Waals surface area contributed by atoms with Crippen molar-refractivity contribution in [2.24, 2.45) is 11.3 Å². The van der Waals surface area contributed by atoms with Crippen LogP contribution in [0.4, 0.5) is 4.39 Å². The van der Waals surface area contributed by atoms with Crippen molar-refractivity contribution in [1.29, 1.82) is 0 Å². The fraction of sp³-hybridized carbons (Fsp3) is 0.833. The van der Waals surface area contributed by atoms with Crippen LogP contribution in [-0.2, 0) is 9.59 Å². The van der Waals surface area contributed by atoms with E-state index < -0.39 is 18.2 Å². The molecule has 0 aliphatic carbocycles. The van der Waals surface area contributed by atoms with Crippen LogP contribution in [0.1, 0.15) is 40.0 Å². The molecular weight excluding hydrogens is 225 g/mol. The molecule has 0 bridgehead atoms. The summed E-state index contributed by atoms with van der Waals surface area (Å²) < 4.78 is 13.4. The van der Waals surface area contributed by atoms with E-state index in [9.17, 15) is 14.0 Å². The molecule has 98 valence electrons. The van der Waals surface area contributed by atoms with Gasteiger partial charge in [-0.3, -0.25) is 4.79 Å². The van der Waals surface area contributed by atoms with E-state index in [1.165, 1.54) is 0 Å². The van der Waals surface area contributed by atoms with Gasteiger partial charge in [0.05, 0.1) is 0 Å². The van der Waals surface area contributed by atoms with Crippen LogP contribution >= 0.6 is 0 Å². The lowest BCUT2D eigenvalue weighted by atomic mass is 9.77. The molecule has 1 fully saturated rings. The maximum atomic E-state index is 13.4. The summed E-state index contributed by atoms with van der Waals surface area (Å²) in [4.78, 5) is 23.1. The number of hydrogen-bond donors (Lipinski definition) is 1. The van der Waals surface area contributed by atoms with Gasteiger partial charge in [0, 0.05) is 13.0 Å². The largest absolute Gasteiger partial charge is 0.478 e. The van der Waals surface area contributed by atoms with E-state index >= 15 is 0 Å². The fourth-order valence-electron chi connectivity index (χ4n) is 2.24. The standard InChI is InChI=1S/C12H20FNO3/c1-12(2,3)8-4-5-9(15)14(7-6-8)10(13)11(16)17/h8,10H,4-7H2,1-3H3,(H,16,17). The molecule has 1 aliphatic rings. The number of carbonyl (C=O) groups is 2. The van der Waals surface area contributed by atoms with E-state index in [2.05, 4.69) is 20.8 Å². The van der Waals surface area contributed by atoms with E-state index in [-0.39, 0.29) is 18.4 Å². The van der Waals surface area contributed by atoms with Gasteiger partial charge < -0.3 is 10.0 Å². The molecule has 0 aromatic heterocycles. The van der Waals surface area contributed by atoms with Crippen molar-refractivity contribution < 1.29 is 19.1 Å². The lowest BCUT2D eigenvalue weighted by Gasteiger charge is -2.29. The van der Waals surface area contributed by atoms with E-state index in [4.69, 9.17) is 5.11 Å². The molecule has 17 heavy (non-hydrogen) atoms. The number of hydrogen-bond acceptors (Lipinski definition) is 2. The van der Waals surface area contributed by atoms with Crippen LogP contribution in [-0.4, -0.2) is 34.7 Å². The first-order valence-electron chi connectivity index (χ1n) is 5.90. The van der Waals surface area contributed by atoms with Crippen LogP contribution in [0.3, 0.4) is 0 Å². The third-order valence-corrected chi connectivity index (χ3v) is 3.45. The second kappa shape index (κ2) is 5.02. The zero-order chi connectivity index (χ0) is 13.2. The Morgan fingerprint density at radius 1 is 1.47 bits per heavy atom. The Kier molecular flexibility index (Phi) is 4.11. The highest BCUT2D eigenvalue weighted by Crippen LogP contribution is 2.34. The summed E-state index contributed by atoms with van der Waals surface area (Å²) in [6.07, 6.45) is -0.620. The van der Waals surface area contributed by atoms with E-state index in [1.807, 2.05) is 0 Å². The molecule has 0 radical (unpaired) electrons. The number of carboxylic acid groups (broad SMARTS) is 1. The van der Waals surface area contributed by atoms with Crippen molar-refractivity contribution >= 4 is 11.9 Å². The van der Waals surface area contributed by atoms with Crippen molar-refractivity contribution in [3.63, 3.8) is 0 Å². The molecule has 5 heteroatoms. The summed E-state index contributed by atoms with van der Waals surface area (Å²) >= 11 is 0. The van der Waals surface area contributed by atoms with Crippen molar-refractivity contribution in [1.82, 2.24) is 4.90 Å². The highest BCUT2D eigenvalue weighted by atomic mass is 19.1. The third kappa shape index (κ3) is 3.41. The Labute approximate surface area is 101 Å². The monoisotopic (exact) mass is 245 g/mol. The van der Waals surface area contributed by atoms with Gasteiger partial charge in [-0.2, -0.15) is 0 Å². The smallest absolute Gasteiger partial charge is 0.359 e. The van der Waals surface area contributed by atoms with Gasteiger partial charge in [0.25, 0.3) is 6.30 Å². The van der Waals surface area contributed by atoms with Crippen molar-refractivity contribution in [2.45, 2.75) is 46.3 Å². The Balaban J connectivity index is 2.74. The predicted molar refractivity (Wildman–Crippen MR) is 61.0 cm³/mol. The van der Waals surface area contributed by atoms with E-state index in [0.29, 0.717) is 18.8 Å². The second-order valence-corrected chi connectivity index (χ2v) is 5.65. The number of nitrogens with zero attached hydrogens (tertiary/aromatic N) is 1. The number of likely N-dealkylation sites (tertiary alicyclic amines) is 1. The molecule has 4 nitrogen and oxygen atoms in total. The van der Waals surface area contributed by atoms with Crippen LogP contribution < -0.4 is 0 Å². The van der Waals surface area contributed by atoms with Crippen molar-refractivity contribution in [3.05, 3.63) is 0 Å². The zero-order valence-corrected chi connectivity index (χ0v) is 10.6. The number of amides is 1. The summed E-state index contributed by atoms with van der Waals surface area (Å²) in [5.41, 5.74) is 0.0608. The van der Waals surface area contributed by atoms with E-state index in [1.54, 1.807) is 0 Å². The molecule has 2 atom stereocenters. The minimum Gasteiger partial charge on any atom is -0.478 e. The minimum absolute atomic E-state index is 0.0608. The van der Waals surface area contributed by atoms with Gasteiger partial charge in [-0.05, 0) is 24.2 Å².